The summed E-state index contributed by atoms with van der Waals surface area (Å²) < 4.78 is 28.8. The highest BCUT2D eigenvalue weighted by atomic mass is 32.2. The van der Waals surface area contributed by atoms with Crippen molar-refractivity contribution in [2.45, 2.75) is 32.1 Å². The first-order chi connectivity index (χ1) is 9.13. The van der Waals surface area contributed by atoms with Gasteiger partial charge in [-0.15, -0.1) is 0 Å². The van der Waals surface area contributed by atoms with Gasteiger partial charge in [0, 0.05) is 11.8 Å². The van der Waals surface area contributed by atoms with Crippen LogP contribution in [0.1, 0.15) is 32.0 Å². The molecule has 0 aliphatic rings. The van der Waals surface area contributed by atoms with Crippen LogP contribution >= 0.6 is 0 Å². The van der Waals surface area contributed by atoms with E-state index in [9.17, 15) is 13.2 Å². The lowest BCUT2D eigenvalue weighted by molar-refractivity contribution is -0.151. The Hall–Kier alpha value is -1.94. The molecule has 0 amide bonds. The molecule has 1 rings (SSSR count). The number of hydrogen-bond acceptors (Lipinski definition) is 6. The topological polar surface area (TPSA) is 97.1 Å². The van der Waals surface area contributed by atoms with Crippen molar-refractivity contribution in [2.75, 3.05) is 5.75 Å². The van der Waals surface area contributed by atoms with Gasteiger partial charge in [-0.25, -0.2) is 13.4 Å². The zero-order valence-corrected chi connectivity index (χ0v) is 12.4. The van der Waals surface area contributed by atoms with E-state index in [-0.39, 0.29) is 11.3 Å². The lowest BCUT2D eigenvalue weighted by Gasteiger charge is -2.19. The minimum atomic E-state index is -3.70. The van der Waals surface area contributed by atoms with Crippen LogP contribution in [0.4, 0.5) is 0 Å². The van der Waals surface area contributed by atoms with Crippen LogP contribution in [0.25, 0.3) is 0 Å². The van der Waals surface area contributed by atoms with Crippen molar-refractivity contribution in [1.29, 1.82) is 5.26 Å². The summed E-state index contributed by atoms with van der Waals surface area (Å²) in [6, 6.07) is 4.86. The van der Waals surface area contributed by atoms with Gasteiger partial charge in [-0.05, 0) is 26.8 Å². The van der Waals surface area contributed by atoms with Crippen LogP contribution in [0.5, 0.6) is 0 Å². The van der Waals surface area contributed by atoms with Gasteiger partial charge in [-0.2, -0.15) is 5.26 Å². The number of carbonyl (C=O) groups excluding carboxylic acids is 1. The van der Waals surface area contributed by atoms with Gasteiger partial charge < -0.3 is 4.74 Å². The van der Waals surface area contributed by atoms with E-state index in [1.54, 1.807) is 26.8 Å². The van der Waals surface area contributed by atoms with Gasteiger partial charge in [0.15, 0.2) is 9.84 Å². The molecule has 1 aromatic heterocycles. The minimum Gasteiger partial charge on any atom is -0.459 e. The first kappa shape index (κ1) is 16.1. The monoisotopic (exact) mass is 296 g/mol. The fourth-order valence-electron chi connectivity index (χ4n) is 1.49. The van der Waals surface area contributed by atoms with E-state index in [1.807, 2.05) is 6.07 Å². The number of pyridine rings is 1. The quantitative estimate of drug-likeness (QED) is 0.775. The molecule has 1 aromatic rings. The summed E-state index contributed by atoms with van der Waals surface area (Å²) >= 11 is 0. The van der Waals surface area contributed by atoms with Crippen molar-refractivity contribution in [3.05, 3.63) is 29.6 Å². The van der Waals surface area contributed by atoms with E-state index >= 15 is 0 Å². The molecule has 0 atom stereocenters. The molecular weight excluding hydrogens is 280 g/mol. The van der Waals surface area contributed by atoms with E-state index in [4.69, 9.17) is 10.00 Å². The molecule has 0 spiro atoms. The van der Waals surface area contributed by atoms with Gasteiger partial charge in [0.25, 0.3) is 0 Å². The van der Waals surface area contributed by atoms with E-state index in [2.05, 4.69) is 4.98 Å². The molecule has 0 N–H and O–H groups in total. The maximum atomic E-state index is 11.9. The van der Waals surface area contributed by atoms with Gasteiger partial charge in [-0.3, -0.25) is 4.79 Å². The van der Waals surface area contributed by atoms with Crippen LogP contribution in [-0.4, -0.2) is 30.7 Å². The first-order valence-electron chi connectivity index (χ1n) is 5.89. The second kappa shape index (κ2) is 6.01. The molecule has 0 unspecified atom stereocenters. The van der Waals surface area contributed by atoms with Gasteiger partial charge >= 0.3 is 5.97 Å². The van der Waals surface area contributed by atoms with E-state index < -0.39 is 32.9 Å². The second-order valence-corrected chi connectivity index (χ2v) is 7.31. The Kier molecular flexibility index (Phi) is 4.84. The molecule has 7 heteroatoms. The Balaban J connectivity index is 2.81. The summed E-state index contributed by atoms with van der Waals surface area (Å²) in [5.41, 5.74) is -0.419. The average Bonchev–Trinajstić information content (AvgIpc) is 2.25. The van der Waals surface area contributed by atoms with E-state index in [1.165, 1.54) is 12.3 Å². The fraction of sp³-hybridized carbons (Fsp3) is 0.462. The molecule has 108 valence electrons. The summed E-state index contributed by atoms with van der Waals surface area (Å²) in [5, 5.41) is 8.85. The van der Waals surface area contributed by atoms with Crippen LogP contribution in [0, 0.1) is 11.3 Å². The third-order valence-electron chi connectivity index (χ3n) is 2.13. The third-order valence-corrected chi connectivity index (χ3v) is 3.56. The normalized spacial score (nSPS) is 11.7. The Bertz CT molecular complexity index is 639. The van der Waals surface area contributed by atoms with Crippen LogP contribution < -0.4 is 0 Å². The second-order valence-electron chi connectivity index (χ2n) is 5.24. The number of sulfone groups is 1. The predicted octanol–water partition coefficient (Wildman–Crippen LogP) is 1.21. The van der Waals surface area contributed by atoms with Gasteiger partial charge in [-0.1, -0.05) is 6.07 Å². The summed E-state index contributed by atoms with van der Waals surface area (Å²) in [6.07, 6.45) is 1.41. The SMILES string of the molecule is CC(C)(C)OC(=O)CS(=O)(=O)Cc1cccnc1C#N. The number of esters is 1. The van der Waals surface area contributed by atoms with Gasteiger partial charge in [0.1, 0.15) is 23.1 Å². The number of nitriles is 1. The Morgan fingerprint density at radius 3 is 2.65 bits per heavy atom. The van der Waals surface area contributed by atoms with E-state index in [0.29, 0.717) is 0 Å². The zero-order chi connectivity index (χ0) is 15.4. The minimum absolute atomic E-state index is 0.0419. The van der Waals surface area contributed by atoms with Crippen molar-refractivity contribution < 1.29 is 17.9 Å². The summed E-state index contributed by atoms with van der Waals surface area (Å²) in [5.74, 6) is -1.94. The maximum Gasteiger partial charge on any atom is 0.321 e. The van der Waals surface area contributed by atoms with Crippen LogP contribution in [-0.2, 0) is 25.1 Å². The Morgan fingerprint density at radius 2 is 2.10 bits per heavy atom. The molecule has 0 aliphatic heterocycles. The number of hydrogen-bond donors (Lipinski definition) is 0. The third kappa shape index (κ3) is 5.36. The maximum absolute atomic E-state index is 11.9. The van der Waals surface area contributed by atoms with Crippen LogP contribution in [0.15, 0.2) is 18.3 Å². The summed E-state index contributed by atoms with van der Waals surface area (Å²) in [4.78, 5) is 15.3. The molecule has 0 fully saturated rings. The van der Waals surface area contributed by atoms with Crippen molar-refractivity contribution in [3.8, 4) is 6.07 Å². The number of rotatable bonds is 4. The standard InChI is InChI=1S/C13H16N2O4S/c1-13(2,3)19-12(16)9-20(17,18)8-10-5-4-6-15-11(10)7-14/h4-6H,8-9H2,1-3H3. The van der Waals surface area contributed by atoms with Gasteiger partial charge in [0.2, 0.25) is 0 Å². The van der Waals surface area contributed by atoms with Crippen LogP contribution in [0.3, 0.4) is 0 Å². The van der Waals surface area contributed by atoms with Crippen molar-refractivity contribution in [3.63, 3.8) is 0 Å². The summed E-state index contributed by atoms with van der Waals surface area (Å²) in [7, 11) is -3.70. The number of carbonyl (C=O) groups is 1. The molecule has 20 heavy (non-hydrogen) atoms. The fourth-order valence-corrected chi connectivity index (χ4v) is 2.72. The Labute approximate surface area is 118 Å². The molecule has 6 nitrogen and oxygen atoms in total. The molecule has 0 radical (unpaired) electrons. The highest BCUT2D eigenvalue weighted by Crippen LogP contribution is 2.12. The first-order valence-corrected chi connectivity index (χ1v) is 7.71. The number of nitrogens with zero attached hydrogens (tertiary/aromatic N) is 2. The van der Waals surface area contributed by atoms with Crippen molar-refractivity contribution in [2.24, 2.45) is 0 Å². The molecule has 0 bridgehead atoms. The van der Waals surface area contributed by atoms with Crippen molar-refractivity contribution >= 4 is 15.8 Å². The molecule has 0 saturated carbocycles. The Morgan fingerprint density at radius 1 is 1.45 bits per heavy atom. The number of aromatic nitrogens is 1. The lowest BCUT2D eigenvalue weighted by atomic mass is 10.2. The summed E-state index contributed by atoms with van der Waals surface area (Å²) in [6.45, 7) is 4.98. The average molecular weight is 296 g/mol. The largest absolute Gasteiger partial charge is 0.459 e. The lowest BCUT2D eigenvalue weighted by Crippen LogP contribution is -2.29. The van der Waals surface area contributed by atoms with Crippen LogP contribution in [0.2, 0.25) is 0 Å². The predicted molar refractivity (Wildman–Crippen MR) is 72.3 cm³/mol. The number of ether oxygens (including phenoxy) is 1. The molecular formula is C13H16N2O4S. The molecule has 1 heterocycles. The van der Waals surface area contributed by atoms with Crippen molar-refractivity contribution in [1.82, 2.24) is 4.98 Å². The molecule has 0 aromatic carbocycles. The zero-order valence-electron chi connectivity index (χ0n) is 11.6. The smallest absolute Gasteiger partial charge is 0.321 e. The molecule has 0 aliphatic carbocycles. The van der Waals surface area contributed by atoms with E-state index in [0.717, 1.165) is 0 Å². The highest BCUT2D eigenvalue weighted by Gasteiger charge is 2.24. The van der Waals surface area contributed by atoms with Gasteiger partial charge in [0.05, 0.1) is 5.75 Å². The highest BCUT2D eigenvalue weighted by molar-refractivity contribution is 7.91. The molecule has 0 saturated heterocycles.